The van der Waals surface area contributed by atoms with Gasteiger partial charge in [0.15, 0.2) is 0 Å². The van der Waals surface area contributed by atoms with Crippen molar-refractivity contribution in [3.63, 3.8) is 0 Å². The fourth-order valence-electron chi connectivity index (χ4n) is 2.75. The lowest BCUT2D eigenvalue weighted by molar-refractivity contribution is -0.151. The summed E-state index contributed by atoms with van der Waals surface area (Å²) in [7, 11) is 4.42. The van der Waals surface area contributed by atoms with Crippen LogP contribution in [0.15, 0.2) is 0 Å². The molecule has 9 heteroatoms. The van der Waals surface area contributed by atoms with Crippen LogP contribution >= 0.6 is 0 Å². The molecule has 0 spiro atoms. The van der Waals surface area contributed by atoms with Crippen molar-refractivity contribution >= 4 is 23.7 Å². The number of rotatable bonds is 7. The molecule has 1 aliphatic rings. The van der Waals surface area contributed by atoms with Crippen LogP contribution in [0.3, 0.4) is 0 Å². The average molecular weight is 356 g/mol. The molecular formula is C16H28N4O5. The molecule has 1 fully saturated rings. The van der Waals surface area contributed by atoms with Gasteiger partial charge in [-0.3, -0.25) is 19.2 Å². The highest BCUT2D eigenvalue weighted by molar-refractivity contribution is 5.93. The SMILES string of the molecule is C[C@@H](C(=O)N(C)[C@@H](C)C(=O)N(C)CC(=O)O)N(C)C(=O)[C@@H]1CCCN1. The topological polar surface area (TPSA) is 110 Å². The Morgan fingerprint density at radius 3 is 2.08 bits per heavy atom. The molecule has 0 aromatic heterocycles. The van der Waals surface area contributed by atoms with Crippen molar-refractivity contribution in [2.75, 3.05) is 34.2 Å². The molecule has 0 bridgehead atoms. The van der Waals surface area contributed by atoms with Crippen LogP contribution in [0, 0.1) is 0 Å². The van der Waals surface area contributed by atoms with Gasteiger partial charge in [-0.05, 0) is 33.2 Å². The van der Waals surface area contributed by atoms with Crippen LogP contribution in [-0.4, -0.2) is 95.9 Å². The number of amides is 3. The summed E-state index contributed by atoms with van der Waals surface area (Å²) in [6.07, 6.45) is 1.67. The Kier molecular flexibility index (Phi) is 7.35. The zero-order valence-corrected chi connectivity index (χ0v) is 15.5. The van der Waals surface area contributed by atoms with Gasteiger partial charge in [0, 0.05) is 21.1 Å². The quantitative estimate of drug-likeness (QED) is 0.604. The molecule has 142 valence electrons. The number of aliphatic carboxylic acids is 1. The Balaban J connectivity index is 2.70. The number of carbonyl (C=O) groups is 4. The van der Waals surface area contributed by atoms with Gasteiger partial charge in [-0.1, -0.05) is 0 Å². The molecule has 0 aromatic rings. The van der Waals surface area contributed by atoms with Gasteiger partial charge in [0.25, 0.3) is 0 Å². The Morgan fingerprint density at radius 1 is 1.04 bits per heavy atom. The van der Waals surface area contributed by atoms with E-state index in [0.717, 1.165) is 24.3 Å². The molecule has 0 saturated carbocycles. The van der Waals surface area contributed by atoms with E-state index < -0.39 is 30.5 Å². The van der Waals surface area contributed by atoms with Gasteiger partial charge >= 0.3 is 5.97 Å². The van der Waals surface area contributed by atoms with Crippen molar-refractivity contribution in [3.8, 4) is 0 Å². The second-order valence-electron chi connectivity index (χ2n) is 6.49. The number of likely N-dealkylation sites (N-methyl/N-ethyl adjacent to an activating group) is 3. The third-order valence-electron chi connectivity index (χ3n) is 4.68. The maximum Gasteiger partial charge on any atom is 0.323 e. The minimum absolute atomic E-state index is 0.145. The molecule has 9 nitrogen and oxygen atoms in total. The maximum absolute atomic E-state index is 12.6. The lowest BCUT2D eigenvalue weighted by Crippen LogP contribution is -2.55. The van der Waals surface area contributed by atoms with E-state index in [4.69, 9.17) is 5.11 Å². The average Bonchev–Trinajstić information content (AvgIpc) is 3.10. The number of hydrogen-bond acceptors (Lipinski definition) is 5. The second kappa shape index (κ2) is 8.80. The number of nitrogens with zero attached hydrogens (tertiary/aromatic N) is 3. The highest BCUT2D eigenvalue weighted by Gasteiger charge is 2.34. The standard InChI is InChI=1S/C16H28N4O5/c1-10(14(23)18(3)9-13(21)22)19(4)15(24)11(2)20(5)16(25)12-7-6-8-17-12/h10-12,17H,6-9H2,1-5H3,(H,21,22)/t10-,11-,12-/m0/s1. The first-order chi connectivity index (χ1) is 11.6. The molecule has 1 heterocycles. The number of carboxylic acid groups (broad SMARTS) is 1. The summed E-state index contributed by atoms with van der Waals surface area (Å²) in [5, 5.41) is 11.9. The number of carbonyl (C=O) groups excluding carboxylic acids is 3. The highest BCUT2D eigenvalue weighted by atomic mass is 16.4. The van der Waals surface area contributed by atoms with Crippen molar-refractivity contribution in [3.05, 3.63) is 0 Å². The third-order valence-corrected chi connectivity index (χ3v) is 4.68. The molecular weight excluding hydrogens is 328 g/mol. The monoisotopic (exact) mass is 356 g/mol. The first-order valence-corrected chi connectivity index (χ1v) is 8.31. The Morgan fingerprint density at radius 2 is 1.60 bits per heavy atom. The number of hydrogen-bond donors (Lipinski definition) is 2. The maximum atomic E-state index is 12.6. The number of carboxylic acids is 1. The molecule has 0 aliphatic carbocycles. The van der Waals surface area contributed by atoms with Crippen LogP contribution < -0.4 is 5.32 Å². The van der Waals surface area contributed by atoms with Crippen LogP contribution in [0.2, 0.25) is 0 Å². The van der Waals surface area contributed by atoms with E-state index in [0.29, 0.717) is 0 Å². The molecule has 3 atom stereocenters. The van der Waals surface area contributed by atoms with E-state index in [9.17, 15) is 19.2 Å². The summed E-state index contributed by atoms with van der Waals surface area (Å²) in [5.74, 6) is -2.12. The van der Waals surface area contributed by atoms with Gasteiger partial charge in [-0.15, -0.1) is 0 Å². The minimum atomic E-state index is -1.13. The van der Waals surface area contributed by atoms with E-state index in [1.165, 1.54) is 30.8 Å². The van der Waals surface area contributed by atoms with Gasteiger partial charge in [0.2, 0.25) is 17.7 Å². The van der Waals surface area contributed by atoms with E-state index in [1.54, 1.807) is 14.0 Å². The zero-order chi connectivity index (χ0) is 19.3. The molecule has 1 saturated heterocycles. The molecule has 3 amide bonds. The lowest BCUT2D eigenvalue weighted by Gasteiger charge is -2.33. The van der Waals surface area contributed by atoms with Gasteiger partial charge in [0.05, 0.1) is 6.04 Å². The van der Waals surface area contributed by atoms with E-state index in [-0.39, 0.29) is 17.9 Å². The summed E-state index contributed by atoms with van der Waals surface area (Å²) in [4.78, 5) is 51.7. The van der Waals surface area contributed by atoms with Crippen LogP contribution in [0.1, 0.15) is 26.7 Å². The van der Waals surface area contributed by atoms with Crippen molar-refractivity contribution in [2.24, 2.45) is 0 Å². The minimum Gasteiger partial charge on any atom is -0.480 e. The largest absolute Gasteiger partial charge is 0.480 e. The molecule has 1 rings (SSSR count). The predicted octanol–water partition coefficient (Wildman–Crippen LogP) is -1.02. The zero-order valence-electron chi connectivity index (χ0n) is 15.5. The van der Waals surface area contributed by atoms with Crippen LogP contribution in [0.25, 0.3) is 0 Å². The molecule has 0 radical (unpaired) electrons. The van der Waals surface area contributed by atoms with Crippen molar-refractivity contribution in [2.45, 2.75) is 44.8 Å². The smallest absolute Gasteiger partial charge is 0.323 e. The first-order valence-electron chi connectivity index (χ1n) is 8.31. The van der Waals surface area contributed by atoms with E-state index in [2.05, 4.69) is 5.32 Å². The Labute approximate surface area is 147 Å². The highest BCUT2D eigenvalue weighted by Crippen LogP contribution is 2.12. The van der Waals surface area contributed by atoms with E-state index in [1.807, 2.05) is 0 Å². The fraction of sp³-hybridized carbons (Fsp3) is 0.750. The third kappa shape index (κ3) is 5.15. The van der Waals surface area contributed by atoms with Gasteiger partial charge in [0.1, 0.15) is 18.6 Å². The van der Waals surface area contributed by atoms with Gasteiger partial charge in [-0.2, -0.15) is 0 Å². The number of nitrogens with one attached hydrogen (secondary N) is 1. The lowest BCUT2D eigenvalue weighted by atomic mass is 10.1. The molecule has 2 N–H and O–H groups in total. The summed E-state index contributed by atoms with van der Waals surface area (Å²) in [5.41, 5.74) is 0. The Hall–Kier alpha value is -2.16. The van der Waals surface area contributed by atoms with Crippen molar-refractivity contribution in [1.29, 1.82) is 0 Å². The molecule has 25 heavy (non-hydrogen) atoms. The fourth-order valence-corrected chi connectivity index (χ4v) is 2.75. The summed E-state index contributed by atoms with van der Waals surface area (Å²) < 4.78 is 0. The normalized spacial score (nSPS) is 19.0. The van der Waals surface area contributed by atoms with Crippen LogP contribution in [-0.2, 0) is 19.2 Å². The summed E-state index contributed by atoms with van der Waals surface area (Å²) >= 11 is 0. The summed E-state index contributed by atoms with van der Waals surface area (Å²) in [6.45, 7) is 3.50. The van der Waals surface area contributed by atoms with Crippen LogP contribution in [0.4, 0.5) is 0 Å². The Bertz CT molecular complexity index is 533. The van der Waals surface area contributed by atoms with Crippen LogP contribution in [0.5, 0.6) is 0 Å². The first kappa shape index (κ1) is 20.9. The molecule has 0 aromatic carbocycles. The van der Waals surface area contributed by atoms with Gasteiger partial charge < -0.3 is 25.1 Å². The van der Waals surface area contributed by atoms with E-state index >= 15 is 0 Å². The van der Waals surface area contributed by atoms with Gasteiger partial charge in [-0.25, -0.2) is 0 Å². The molecule has 0 unspecified atom stereocenters. The van der Waals surface area contributed by atoms with Crippen molar-refractivity contribution in [1.82, 2.24) is 20.0 Å². The predicted molar refractivity (Wildman–Crippen MR) is 90.8 cm³/mol. The second-order valence-corrected chi connectivity index (χ2v) is 6.49. The molecule has 1 aliphatic heterocycles. The van der Waals surface area contributed by atoms with Crippen molar-refractivity contribution < 1.29 is 24.3 Å². The summed E-state index contributed by atoms with van der Waals surface area (Å²) in [6, 6.07) is -1.82.